The molecule has 2 aromatic carbocycles. The quantitative estimate of drug-likeness (QED) is 0.210. The van der Waals surface area contributed by atoms with E-state index >= 15 is 0 Å². The van der Waals surface area contributed by atoms with Gasteiger partial charge in [-0.2, -0.15) is 4.57 Å². The van der Waals surface area contributed by atoms with E-state index < -0.39 is 0 Å². The molecule has 5 aromatic rings. The van der Waals surface area contributed by atoms with Crippen molar-refractivity contribution in [1.82, 2.24) is 4.98 Å². The molecule has 42 heavy (non-hydrogen) atoms. The van der Waals surface area contributed by atoms with Crippen molar-refractivity contribution in [3.63, 3.8) is 0 Å². The topological polar surface area (TPSA) is 42.3 Å². The minimum Gasteiger partial charge on any atom is -0.438 e. The summed E-state index contributed by atoms with van der Waals surface area (Å²) in [4.78, 5) is 9.99. The van der Waals surface area contributed by atoms with Gasteiger partial charge in [-0.25, -0.2) is 4.98 Å². The lowest BCUT2D eigenvalue weighted by Gasteiger charge is -2.32. The van der Waals surface area contributed by atoms with Gasteiger partial charge in [-0.15, -0.1) is 0 Å². The molecule has 0 fully saturated rings. The Bertz CT molecular complexity index is 1940. The van der Waals surface area contributed by atoms with E-state index in [4.69, 9.17) is 14.4 Å². The first kappa shape index (κ1) is 26.6. The number of aromatic nitrogens is 2. The van der Waals surface area contributed by atoms with Crippen LogP contribution in [-0.4, -0.2) is 16.7 Å². The van der Waals surface area contributed by atoms with Crippen LogP contribution in [-0.2, 0) is 12.8 Å². The summed E-state index contributed by atoms with van der Waals surface area (Å²) >= 11 is 0. The highest BCUT2D eigenvalue weighted by molar-refractivity contribution is 6.10. The fourth-order valence-corrected chi connectivity index (χ4v) is 7.05. The maximum absolute atomic E-state index is 6.36. The Morgan fingerprint density at radius 3 is 2.69 bits per heavy atom. The monoisotopic (exact) mass is 552 g/mol. The maximum Gasteiger partial charge on any atom is 0.227 e. The van der Waals surface area contributed by atoms with Crippen LogP contribution < -0.4 is 4.57 Å². The molecule has 7 rings (SSSR count). The fourth-order valence-electron chi connectivity index (χ4n) is 7.05. The molecule has 3 aromatic heterocycles. The lowest BCUT2D eigenvalue weighted by Crippen LogP contribution is -2.39. The van der Waals surface area contributed by atoms with Gasteiger partial charge < -0.3 is 4.42 Å². The molecule has 2 atom stereocenters. The van der Waals surface area contributed by atoms with Gasteiger partial charge in [-0.1, -0.05) is 44.7 Å². The van der Waals surface area contributed by atoms with Crippen molar-refractivity contribution in [3.8, 4) is 11.3 Å². The van der Waals surface area contributed by atoms with Crippen molar-refractivity contribution in [2.75, 3.05) is 0 Å². The van der Waals surface area contributed by atoms with E-state index in [1.54, 1.807) is 0 Å². The molecule has 5 heterocycles. The average Bonchev–Trinajstić information content (AvgIpc) is 3.32. The summed E-state index contributed by atoms with van der Waals surface area (Å²) in [6.45, 7) is 17.6. The second-order valence-corrected chi connectivity index (χ2v) is 12.5. The number of aliphatic imine (C=N–C) groups is 1. The summed E-state index contributed by atoms with van der Waals surface area (Å²) in [6, 6.07) is 20.0. The van der Waals surface area contributed by atoms with E-state index in [0.717, 1.165) is 59.1 Å². The van der Waals surface area contributed by atoms with Gasteiger partial charge in [-0.3, -0.25) is 4.99 Å². The molecular formula is C38H38N3O+. The highest BCUT2D eigenvalue weighted by Crippen LogP contribution is 2.41. The lowest BCUT2D eigenvalue weighted by atomic mass is 9.78. The van der Waals surface area contributed by atoms with Crippen LogP contribution in [0.5, 0.6) is 0 Å². The number of furan rings is 1. The molecule has 0 N–H and O–H groups in total. The van der Waals surface area contributed by atoms with Crippen molar-refractivity contribution in [1.29, 1.82) is 0 Å². The van der Waals surface area contributed by atoms with Crippen LogP contribution >= 0.6 is 0 Å². The molecule has 4 nitrogen and oxygen atoms in total. The molecule has 0 saturated carbocycles. The van der Waals surface area contributed by atoms with Crippen molar-refractivity contribution >= 4 is 33.5 Å². The van der Waals surface area contributed by atoms with Crippen LogP contribution in [0.25, 0.3) is 39.0 Å². The van der Waals surface area contributed by atoms with Gasteiger partial charge in [-0.05, 0) is 92.6 Å². The number of nitrogens with zero attached hydrogens (tertiary/aromatic N) is 3. The largest absolute Gasteiger partial charge is 0.438 e. The summed E-state index contributed by atoms with van der Waals surface area (Å²) < 4.78 is 8.69. The molecule has 2 aliphatic heterocycles. The normalized spacial score (nSPS) is 18.3. The minimum atomic E-state index is 0.0973. The molecule has 2 unspecified atom stereocenters. The van der Waals surface area contributed by atoms with Gasteiger partial charge in [0.05, 0.1) is 23.7 Å². The Hall–Kier alpha value is -4.31. The van der Waals surface area contributed by atoms with Gasteiger partial charge >= 0.3 is 0 Å². The van der Waals surface area contributed by atoms with Crippen molar-refractivity contribution in [2.45, 2.75) is 65.3 Å². The predicted molar refractivity (Wildman–Crippen MR) is 173 cm³/mol. The molecule has 0 saturated heterocycles. The molecule has 0 aliphatic carbocycles. The minimum absolute atomic E-state index is 0.0973. The zero-order valence-electron chi connectivity index (χ0n) is 25.1. The lowest BCUT2D eigenvalue weighted by molar-refractivity contribution is -0.571. The van der Waals surface area contributed by atoms with Crippen LogP contribution in [0.2, 0.25) is 0 Å². The van der Waals surface area contributed by atoms with Crippen LogP contribution in [0.1, 0.15) is 66.1 Å². The van der Waals surface area contributed by atoms with E-state index in [9.17, 15) is 0 Å². The standard InChI is InChI=1S/C38H38N3O/c1-7-34-29-11-9-8-10-28(29)30-15-13-26-19-37-33(31-14-12-24(5)39-38(31)42-37)20-32(26)36-18-27(16-22(2)3)23(4)21-41(36)25(6)17-35(30)40-34/h7-12,14,18-22,30,35H,1,6,13,15-17H2,2-5H3/q+1. The first-order valence-electron chi connectivity index (χ1n) is 15.2. The molecule has 0 bridgehead atoms. The number of allylic oxidation sites excluding steroid dienone is 1. The number of rotatable bonds is 3. The Morgan fingerprint density at radius 2 is 1.88 bits per heavy atom. The highest BCUT2D eigenvalue weighted by Gasteiger charge is 2.35. The van der Waals surface area contributed by atoms with Crippen LogP contribution in [0, 0.1) is 19.8 Å². The zero-order valence-corrected chi connectivity index (χ0v) is 25.1. The summed E-state index contributed by atoms with van der Waals surface area (Å²) in [6.07, 6.45) is 7.94. The van der Waals surface area contributed by atoms with Crippen molar-refractivity contribution in [2.24, 2.45) is 10.9 Å². The Morgan fingerprint density at radius 1 is 1.05 bits per heavy atom. The number of hydrogen-bond donors (Lipinski definition) is 0. The Kier molecular flexibility index (Phi) is 6.46. The van der Waals surface area contributed by atoms with Gasteiger partial charge in [0, 0.05) is 39.6 Å². The molecule has 0 amide bonds. The van der Waals surface area contributed by atoms with Crippen molar-refractivity contribution in [3.05, 3.63) is 114 Å². The first-order valence-corrected chi connectivity index (χ1v) is 15.2. The summed E-state index contributed by atoms with van der Waals surface area (Å²) in [7, 11) is 0. The zero-order chi connectivity index (χ0) is 29.1. The number of aryl methyl sites for hydroxylation is 3. The molecule has 0 spiro atoms. The summed E-state index contributed by atoms with van der Waals surface area (Å²) in [5.41, 5.74) is 13.6. The second-order valence-electron chi connectivity index (χ2n) is 12.5. The predicted octanol–water partition coefficient (Wildman–Crippen LogP) is 8.70. The number of hydrogen-bond acceptors (Lipinski definition) is 3. The first-order chi connectivity index (χ1) is 20.3. The van der Waals surface area contributed by atoms with E-state index in [1.807, 2.05) is 13.0 Å². The molecule has 0 radical (unpaired) electrons. The average molecular weight is 553 g/mol. The van der Waals surface area contributed by atoms with Crippen LogP contribution in [0.4, 0.5) is 0 Å². The summed E-state index contributed by atoms with van der Waals surface area (Å²) in [5.74, 6) is 0.854. The Labute approximate surface area is 248 Å². The maximum atomic E-state index is 6.36. The molecule has 4 heteroatoms. The van der Waals surface area contributed by atoms with Gasteiger partial charge in [0.15, 0.2) is 11.9 Å². The third-order valence-electron chi connectivity index (χ3n) is 9.11. The second kappa shape index (κ2) is 10.2. The van der Waals surface area contributed by atoms with Crippen molar-refractivity contribution < 1.29 is 8.98 Å². The molecular weight excluding hydrogens is 514 g/mol. The number of fused-ring (bicyclic) bond motifs is 9. The summed E-state index contributed by atoms with van der Waals surface area (Å²) in [5, 5.41) is 2.17. The van der Waals surface area contributed by atoms with Crippen LogP contribution in [0.15, 0.2) is 89.4 Å². The smallest absolute Gasteiger partial charge is 0.227 e. The molecule has 210 valence electrons. The highest BCUT2D eigenvalue weighted by atomic mass is 16.3. The van der Waals surface area contributed by atoms with Gasteiger partial charge in [0.1, 0.15) is 5.58 Å². The van der Waals surface area contributed by atoms with E-state index in [1.165, 1.54) is 39.1 Å². The fraction of sp³-hybridized carbons (Fsp3) is 0.289. The van der Waals surface area contributed by atoms with Crippen LogP contribution in [0.3, 0.4) is 0 Å². The van der Waals surface area contributed by atoms with Gasteiger partial charge in [0.25, 0.3) is 0 Å². The van der Waals surface area contributed by atoms with E-state index in [-0.39, 0.29) is 12.0 Å². The number of pyridine rings is 2. The SMILES string of the molecule is C=CC1=NC2CC(=C)[n+]3cc(C)c(CC(C)C)cc3-c3cc4c(cc3CCC2c2ccccc21)oc1nc(C)ccc14. The third-order valence-corrected chi connectivity index (χ3v) is 9.11. The molecule has 2 aliphatic rings. The third kappa shape index (κ3) is 4.41. The van der Waals surface area contributed by atoms with Gasteiger partial charge in [0.2, 0.25) is 11.4 Å². The van der Waals surface area contributed by atoms with E-state index in [2.05, 4.69) is 99.3 Å². The Balaban J connectivity index is 1.48. The van der Waals surface area contributed by atoms with E-state index in [0.29, 0.717) is 11.6 Å². The number of benzene rings is 2.